The first kappa shape index (κ1) is 12.6. The number of nitrogens with two attached hydrogens (primary N) is 1. The van der Waals surface area contributed by atoms with E-state index in [1.54, 1.807) is 12.1 Å². The molecule has 0 fully saturated rings. The number of amidine groups is 1. The first-order valence-electron chi connectivity index (χ1n) is 5.07. The number of carbonyl (C=O) groups is 1. The number of hydrogen-bond donors (Lipinski definition) is 1. The Bertz CT molecular complexity index is 579. The summed E-state index contributed by atoms with van der Waals surface area (Å²) in [6, 6.07) is 3.39. The number of benzene rings is 1. The average molecular weight is 310 g/mol. The molecule has 1 unspecified atom stereocenters. The van der Waals surface area contributed by atoms with Gasteiger partial charge in [-0.15, -0.1) is 6.42 Å². The van der Waals surface area contributed by atoms with Crippen LogP contribution in [0.25, 0.3) is 0 Å². The van der Waals surface area contributed by atoms with E-state index >= 15 is 0 Å². The number of carbonyl (C=O) groups excluding carboxylic acids is 1. The fourth-order valence-corrected chi connectivity index (χ4v) is 2.19. The molecular formula is C12H9BrFN3O. The van der Waals surface area contributed by atoms with Crippen molar-refractivity contribution in [2.75, 3.05) is 6.54 Å². The van der Waals surface area contributed by atoms with Crippen molar-refractivity contribution >= 4 is 27.8 Å². The van der Waals surface area contributed by atoms with Gasteiger partial charge in [0.15, 0.2) is 0 Å². The van der Waals surface area contributed by atoms with Gasteiger partial charge in [0.25, 0.3) is 0 Å². The Morgan fingerprint density at radius 1 is 1.61 bits per heavy atom. The van der Waals surface area contributed by atoms with E-state index in [2.05, 4.69) is 26.8 Å². The minimum Gasteiger partial charge on any atom is -0.385 e. The molecule has 0 aromatic heterocycles. The number of amides is 2. The van der Waals surface area contributed by atoms with Crippen LogP contribution >= 0.6 is 15.9 Å². The van der Waals surface area contributed by atoms with Gasteiger partial charge in [-0.25, -0.2) is 9.18 Å². The highest BCUT2D eigenvalue weighted by molar-refractivity contribution is 9.10. The van der Waals surface area contributed by atoms with Gasteiger partial charge in [0, 0.05) is 0 Å². The monoisotopic (exact) mass is 309 g/mol. The predicted molar refractivity (Wildman–Crippen MR) is 69.4 cm³/mol. The van der Waals surface area contributed by atoms with E-state index in [4.69, 9.17) is 12.2 Å². The molecule has 0 aliphatic carbocycles. The Hall–Kier alpha value is -1.87. The summed E-state index contributed by atoms with van der Waals surface area (Å²) in [7, 11) is 0. The van der Waals surface area contributed by atoms with E-state index in [0.717, 1.165) is 0 Å². The van der Waals surface area contributed by atoms with Gasteiger partial charge >= 0.3 is 6.03 Å². The second kappa shape index (κ2) is 4.78. The molecule has 6 heteroatoms. The summed E-state index contributed by atoms with van der Waals surface area (Å²) < 4.78 is 13.5. The van der Waals surface area contributed by atoms with Crippen LogP contribution in [0.15, 0.2) is 27.7 Å². The maximum atomic E-state index is 13.2. The van der Waals surface area contributed by atoms with Crippen molar-refractivity contribution in [1.82, 2.24) is 4.90 Å². The summed E-state index contributed by atoms with van der Waals surface area (Å²) in [4.78, 5) is 16.6. The molecule has 1 aromatic carbocycles. The summed E-state index contributed by atoms with van der Waals surface area (Å²) in [6.45, 7) is 0.0999. The van der Waals surface area contributed by atoms with Crippen molar-refractivity contribution in [2.24, 2.45) is 10.7 Å². The van der Waals surface area contributed by atoms with Crippen molar-refractivity contribution in [3.63, 3.8) is 0 Å². The molecule has 92 valence electrons. The number of rotatable bonds is 2. The Morgan fingerprint density at radius 2 is 2.33 bits per heavy atom. The van der Waals surface area contributed by atoms with Crippen LogP contribution in [0.3, 0.4) is 0 Å². The minimum atomic E-state index is -0.537. The van der Waals surface area contributed by atoms with E-state index in [0.29, 0.717) is 10.0 Å². The molecule has 0 spiro atoms. The van der Waals surface area contributed by atoms with Crippen LogP contribution in [0.2, 0.25) is 0 Å². The topological polar surface area (TPSA) is 58.7 Å². The molecule has 4 nitrogen and oxygen atoms in total. The highest BCUT2D eigenvalue weighted by Crippen LogP contribution is 2.29. The third-order valence-electron chi connectivity index (χ3n) is 2.58. The molecule has 0 bridgehead atoms. The molecule has 1 atom stereocenters. The lowest BCUT2D eigenvalue weighted by atomic mass is 10.1. The van der Waals surface area contributed by atoms with Gasteiger partial charge in [-0.05, 0) is 33.6 Å². The van der Waals surface area contributed by atoms with Gasteiger partial charge < -0.3 is 5.73 Å². The smallest absolute Gasteiger partial charge is 0.346 e. The maximum Gasteiger partial charge on any atom is 0.346 e. The highest BCUT2D eigenvalue weighted by Gasteiger charge is 2.34. The summed E-state index contributed by atoms with van der Waals surface area (Å²) in [5.41, 5.74) is 6.38. The molecule has 0 saturated carbocycles. The summed E-state index contributed by atoms with van der Waals surface area (Å²) in [5, 5.41) is 0. The first-order valence-corrected chi connectivity index (χ1v) is 5.87. The lowest BCUT2D eigenvalue weighted by Gasteiger charge is -2.22. The van der Waals surface area contributed by atoms with E-state index < -0.39 is 12.1 Å². The molecular weight excluding hydrogens is 301 g/mol. The normalized spacial score (nSPS) is 18.7. The molecule has 2 N–H and O–H groups in total. The van der Waals surface area contributed by atoms with E-state index in [1.807, 2.05) is 0 Å². The SMILES string of the molecule is C#CCN1C(=O)N=C(N)C1c1ccc(F)c(Br)c1. The third kappa shape index (κ3) is 2.09. The number of halogens is 2. The highest BCUT2D eigenvalue weighted by atomic mass is 79.9. The third-order valence-corrected chi connectivity index (χ3v) is 3.19. The van der Waals surface area contributed by atoms with Crippen LogP contribution in [0, 0.1) is 18.2 Å². The van der Waals surface area contributed by atoms with Crippen molar-refractivity contribution in [1.29, 1.82) is 0 Å². The van der Waals surface area contributed by atoms with Gasteiger partial charge in [-0.1, -0.05) is 12.0 Å². The second-order valence-electron chi connectivity index (χ2n) is 3.73. The van der Waals surface area contributed by atoms with Crippen LogP contribution < -0.4 is 5.73 Å². The first-order chi connectivity index (χ1) is 8.54. The molecule has 1 aliphatic rings. The van der Waals surface area contributed by atoms with Crippen molar-refractivity contribution in [2.45, 2.75) is 6.04 Å². The van der Waals surface area contributed by atoms with Crippen LogP contribution in [-0.4, -0.2) is 23.3 Å². The van der Waals surface area contributed by atoms with Crippen LogP contribution in [0.1, 0.15) is 11.6 Å². The molecule has 1 heterocycles. The number of terminal acetylenes is 1. The zero-order chi connectivity index (χ0) is 13.3. The Labute approximate surface area is 112 Å². The lowest BCUT2D eigenvalue weighted by Crippen LogP contribution is -2.33. The number of hydrogen-bond acceptors (Lipinski definition) is 2. The molecule has 2 amide bonds. The van der Waals surface area contributed by atoms with Gasteiger partial charge in [0.05, 0.1) is 11.0 Å². The molecule has 0 saturated heterocycles. The average Bonchev–Trinajstić information content (AvgIpc) is 2.59. The maximum absolute atomic E-state index is 13.2. The fraction of sp³-hybridized carbons (Fsp3) is 0.167. The zero-order valence-electron chi connectivity index (χ0n) is 9.23. The minimum absolute atomic E-state index is 0.0999. The van der Waals surface area contributed by atoms with Gasteiger partial charge in [0.1, 0.15) is 17.7 Å². The molecule has 2 rings (SSSR count). The standard InChI is InChI=1S/C12H9BrFN3O/c1-2-5-17-10(11(15)16-12(17)18)7-3-4-9(14)8(13)6-7/h1,3-4,6,10H,5H2,(H2,15,16,18). The molecule has 18 heavy (non-hydrogen) atoms. The summed E-state index contributed by atoms with van der Waals surface area (Å²) in [5.74, 6) is 2.15. The second-order valence-corrected chi connectivity index (χ2v) is 4.58. The lowest BCUT2D eigenvalue weighted by molar-refractivity contribution is 0.213. The summed E-state index contributed by atoms with van der Waals surface area (Å²) in [6.07, 6.45) is 5.21. The predicted octanol–water partition coefficient (Wildman–Crippen LogP) is 2.06. The van der Waals surface area contributed by atoms with E-state index in [1.165, 1.54) is 11.0 Å². The van der Waals surface area contributed by atoms with Gasteiger partial charge in [-0.2, -0.15) is 4.99 Å². The van der Waals surface area contributed by atoms with Crippen molar-refractivity contribution in [3.05, 3.63) is 34.1 Å². The van der Waals surface area contributed by atoms with Crippen LogP contribution in [0.4, 0.5) is 9.18 Å². The van der Waals surface area contributed by atoms with E-state index in [-0.39, 0.29) is 18.2 Å². The molecule has 0 radical (unpaired) electrons. The van der Waals surface area contributed by atoms with Crippen molar-refractivity contribution < 1.29 is 9.18 Å². The largest absolute Gasteiger partial charge is 0.385 e. The fourth-order valence-electron chi connectivity index (χ4n) is 1.80. The number of nitrogens with zero attached hydrogens (tertiary/aromatic N) is 2. The van der Waals surface area contributed by atoms with Gasteiger partial charge in [-0.3, -0.25) is 4.90 Å². The van der Waals surface area contributed by atoms with Crippen LogP contribution in [-0.2, 0) is 0 Å². The Balaban J connectivity index is 2.41. The Kier molecular flexibility index (Phi) is 3.34. The zero-order valence-corrected chi connectivity index (χ0v) is 10.8. The van der Waals surface area contributed by atoms with E-state index in [9.17, 15) is 9.18 Å². The number of aliphatic imine (C=N–C) groups is 1. The molecule has 1 aliphatic heterocycles. The Morgan fingerprint density at radius 3 is 2.94 bits per heavy atom. The van der Waals surface area contributed by atoms with Gasteiger partial charge in [0.2, 0.25) is 0 Å². The summed E-state index contributed by atoms with van der Waals surface area (Å²) >= 11 is 3.09. The van der Waals surface area contributed by atoms with Crippen LogP contribution in [0.5, 0.6) is 0 Å². The quantitative estimate of drug-likeness (QED) is 0.850. The van der Waals surface area contributed by atoms with Crippen molar-refractivity contribution in [3.8, 4) is 12.3 Å². The molecule has 1 aromatic rings. The number of urea groups is 1.